The Morgan fingerprint density at radius 2 is 1.95 bits per heavy atom. The van der Waals surface area contributed by atoms with E-state index in [-0.39, 0.29) is 5.91 Å². The predicted molar refractivity (Wildman–Crippen MR) is 87.0 cm³/mol. The van der Waals surface area contributed by atoms with E-state index in [0.29, 0.717) is 0 Å². The molecule has 1 saturated heterocycles. The topological polar surface area (TPSA) is 23.6 Å². The number of benzene rings is 1. The van der Waals surface area contributed by atoms with Crippen LogP contribution in [0.15, 0.2) is 41.8 Å². The summed E-state index contributed by atoms with van der Waals surface area (Å²) in [7, 11) is 0. The van der Waals surface area contributed by atoms with Crippen molar-refractivity contribution in [2.24, 2.45) is 0 Å². The van der Waals surface area contributed by atoms with Crippen molar-refractivity contribution in [3.8, 4) is 0 Å². The highest BCUT2D eigenvalue weighted by molar-refractivity contribution is 7.12. The summed E-state index contributed by atoms with van der Waals surface area (Å²) in [5.41, 5.74) is 1.22. The highest BCUT2D eigenvalue weighted by atomic mass is 35.5. The first-order chi connectivity index (χ1) is 10.2. The minimum Gasteiger partial charge on any atom is -0.335 e. The second kappa shape index (κ2) is 6.60. The van der Waals surface area contributed by atoms with E-state index in [1.165, 1.54) is 16.9 Å². The zero-order valence-electron chi connectivity index (χ0n) is 11.7. The Balaban J connectivity index is 1.54. The number of rotatable bonds is 3. The van der Waals surface area contributed by atoms with Gasteiger partial charge in [0.1, 0.15) is 0 Å². The fourth-order valence-corrected chi connectivity index (χ4v) is 3.46. The van der Waals surface area contributed by atoms with Gasteiger partial charge in [-0.1, -0.05) is 29.8 Å². The molecule has 110 valence electrons. The molecule has 0 aliphatic carbocycles. The lowest BCUT2D eigenvalue weighted by molar-refractivity contribution is 0.0633. The van der Waals surface area contributed by atoms with Gasteiger partial charge in [0.25, 0.3) is 5.91 Å². The van der Waals surface area contributed by atoms with E-state index in [0.717, 1.165) is 42.6 Å². The van der Waals surface area contributed by atoms with E-state index in [1.54, 1.807) is 0 Å². The quantitative estimate of drug-likeness (QED) is 0.865. The lowest BCUT2D eigenvalue weighted by Gasteiger charge is -2.34. The van der Waals surface area contributed by atoms with Crippen molar-refractivity contribution in [2.75, 3.05) is 26.2 Å². The van der Waals surface area contributed by atoms with Crippen molar-refractivity contribution in [3.05, 3.63) is 57.2 Å². The van der Waals surface area contributed by atoms with Crippen LogP contribution in [0.25, 0.3) is 0 Å². The zero-order valence-corrected chi connectivity index (χ0v) is 13.2. The molecule has 1 aliphatic heterocycles. The van der Waals surface area contributed by atoms with Gasteiger partial charge in [-0.2, -0.15) is 0 Å². The first kappa shape index (κ1) is 14.6. The summed E-state index contributed by atoms with van der Waals surface area (Å²) < 4.78 is 0. The molecule has 0 bridgehead atoms. The first-order valence-electron chi connectivity index (χ1n) is 7.02. The lowest BCUT2D eigenvalue weighted by Crippen LogP contribution is -2.48. The van der Waals surface area contributed by atoms with Gasteiger partial charge in [0.15, 0.2) is 0 Å². The number of piperazine rings is 1. The van der Waals surface area contributed by atoms with E-state index >= 15 is 0 Å². The van der Waals surface area contributed by atoms with Gasteiger partial charge >= 0.3 is 0 Å². The number of halogens is 1. The summed E-state index contributed by atoms with van der Waals surface area (Å²) in [6.45, 7) is 4.28. The SMILES string of the molecule is O=C(c1cccs1)N1CCN(Cc2cccc(Cl)c2)CC1. The molecule has 5 heteroatoms. The molecule has 2 aromatic rings. The van der Waals surface area contributed by atoms with E-state index in [9.17, 15) is 4.79 Å². The smallest absolute Gasteiger partial charge is 0.264 e. The van der Waals surface area contributed by atoms with Crippen molar-refractivity contribution in [1.29, 1.82) is 0 Å². The van der Waals surface area contributed by atoms with Gasteiger partial charge in [0.05, 0.1) is 4.88 Å². The number of amides is 1. The second-order valence-corrected chi connectivity index (χ2v) is 6.56. The predicted octanol–water partition coefficient (Wildman–Crippen LogP) is 3.36. The number of hydrogen-bond acceptors (Lipinski definition) is 3. The van der Waals surface area contributed by atoms with Crippen molar-refractivity contribution in [3.63, 3.8) is 0 Å². The number of carbonyl (C=O) groups is 1. The van der Waals surface area contributed by atoms with E-state index < -0.39 is 0 Å². The van der Waals surface area contributed by atoms with Crippen LogP contribution in [0.4, 0.5) is 0 Å². The molecule has 1 fully saturated rings. The Hall–Kier alpha value is -1.36. The largest absolute Gasteiger partial charge is 0.335 e. The van der Waals surface area contributed by atoms with Crippen molar-refractivity contribution in [2.45, 2.75) is 6.54 Å². The van der Waals surface area contributed by atoms with E-state index in [4.69, 9.17) is 11.6 Å². The molecular formula is C16H17ClN2OS. The average Bonchev–Trinajstić information content (AvgIpc) is 3.01. The molecule has 0 atom stereocenters. The molecule has 1 aliphatic rings. The molecule has 1 aromatic carbocycles. The molecule has 2 heterocycles. The summed E-state index contributed by atoms with van der Waals surface area (Å²) in [4.78, 5) is 17.4. The Morgan fingerprint density at radius 3 is 2.62 bits per heavy atom. The fourth-order valence-electron chi connectivity index (χ4n) is 2.56. The summed E-state index contributed by atoms with van der Waals surface area (Å²) in [6, 6.07) is 11.8. The number of carbonyl (C=O) groups excluding carboxylic acids is 1. The standard InChI is InChI=1S/C16H17ClN2OS/c17-14-4-1-3-13(11-14)12-18-6-8-19(9-7-18)16(20)15-5-2-10-21-15/h1-5,10-11H,6-9,12H2. The Morgan fingerprint density at radius 1 is 1.14 bits per heavy atom. The molecule has 0 saturated carbocycles. The highest BCUT2D eigenvalue weighted by Gasteiger charge is 2.22. The maximum Gasteiger partial charge on any atom is 0.264 e. The normalized spacial score (nSPS) is 16.1. The minimum absolute atomic E-state index is 0.160. The maximum absolute atomic E-state index is 12.3. The zero-order chi connectivity index (χ0) is 14.7. The van der Waals surface area contributed by atoms with Crippen molar-refractivity contribution < 1.29 is 4.79 Å². The van der Waals surface area contributed by atoms with E-state index in [2.05, 4.69) is 11.0 Å². The third-order valence-corrected chi connectivity index (χ3v) is 4.78. The van der Waals surface area contributed by atoms with Crippen LogP contribution >= 0.6 is 22.9 Å². The molecule has 3 nitrogen and oxygen atoms in total. The summed E-state index contributed by atoms with van der Waals surface area (Å²) in [5.74, 6) is 0.160. The molecule has 0 radical (unpaired) electrons. The fraction of sp³-hybridized carbons (Fsp3) is 0.312. The van der Waals surface area contributed by atoms with Gasteiger partial charge in [-0.25, -0.2) is 0 Å². The number of hydrogen-bond donors (Lipinski definition) is 0. The Bertz CT molecular complexity index is 606. The molecule has 0 N–H and O–H groups in total. The lowest BCUT2D eigenvalue weighted by atomic mass is 10.2. The van der Waals surface area contributed by atoms with Gasteiger partial charge in [0.2, 0.25) is 0 Å². The van der Waals surface area contributed by atoms with Gasteiger partial charge in [-0.3, -0.25) is 9.69 Å². The van der Waals surface area contributed by atoms with Crippen LogP contribution in [-0.4, -0.2) is 41.9 Å². The molecule has 0 spiro atoms. The van der Waals surface area contributed by atoms with Crippen molar-refractivity contribution >= 4 is 28.8 Å². The Kier molecular flexibility index (Phi) is 4.58. The highest BCUT2D eigenvalue weighted by Crippen LogP contribution is 2.16. The molecule has 0 unspecified atom stereocenters. The summed E-state index contributed by atoms with van der Waals surface area (Å²) in [5, 5.41) is 2.72. The van der Waals surface area contributed by atoms with Crippen LogP contribution in [0.3, 0.4) is 0 Å². The molecular weight excluding hydrogens is 304 g/mol. The Labute approximate surface area is 133 Å². The van der Waals surface area contributed by atoms with Crippen molar-refractivity contribution in [1.82, 2.24) is 9.80 Å². The maximum atomic E-state index is 12.3. The third kappa shape index (κ3) is 3.64. The van der Waals surface area contributed by atoms with Crippen LogP contribution in [-0.2, 0) is 6.54 Å². The van der Waals surface area contributed by atoms with Crippen LogP contribution in [0, 0.1) is 0 Å². The van der Waals surface area contributed by atoms with Gasteiger partial charge in [-0.15, -0.1) is 11.3 Å². The van der Waals surface area contributed by atoms with Gasteiger partial charge in [0, 0.05) is 37.7 Å². The van der Waals surface area contributed by atoms with Crippen LogP contribution in [0.1, 0.15) is 15.2 Å². The molecule has 1 aromatic heterocycles. The van der Waals surface area contributed by atoms with Crippen LogP contribution < -0.4 is 0 Å². The minimum atomic E-state index is 0.160. The number of thiophene rings is 1. The van der Waals surface area contributed by atoms with Gasteiger partial charge < -0.3 is 4.90 Å². The van der Waals surface area contributed by atoms with Crippen LogP contribution in [0.5, 0.6) is 0 Å². The average molecular weight is 321 g/mol. The molecule has 1 amide bonds. The number of nitrogens with zero attached hydrogens (tertiary/aromatic N) is 2. The monoisotopic (exact) mass is 320 g/mol. The third-order valence-electron chi connectivity index (χ3n) is 3.69. The second-order valence-electron chi connectivity index (χ2n) is 5.18. The van der Waals surface area contributed by atoms with Crippen LogP contribution in [0.2, 0.25) is 5.02 Å². The first-order valence-corrected chi connectivity index (χ1v) is 8.28. The summed E-state index contributed by atoms with van der Waals surface area (Å²) >= 11 is 7.52. The molecule has 3 rings (SSSR count). The van der Waals surface area contributed by atoms with E-state index in [1.807, 2.05) is 40.6 Å². The summed E-state index contributed by atoms with van der Waals surface area (Å²) in [6.07, 6.45) is 0. The molecule has 21 heavy (non-hydrogen) atoms. The van der Waals surface area contributed by atoms with Gasteiger partial charge in [-0.05, 0) is 29.1 Å².